The van der Waals surface area contributed by atoms with Gasteiger partial charge in [-0.05, 0) is 18.3 Å². The Kier molecular flexibility index (Phi) is 5.53. The number of carbonyl (C=O) groups excluding carboxylic acids is 2. The first-order valence-corrected chi connectivity index (χ1v) is 7.02. The Morgan fingerprint density at radius 1 is 1.20 bits per heavy atom. The maximum atomic E-state index is 11.9. The Morgan fingerprint density at radius 2 is 1.75 bits per heavy atom. The van der Waals surface area contributed by atoms with Crippen molar-refractivity contribution in [2.75, 3.05) is 19.6 Å². The summed E-state index contributed by atoms with van der Waals surface area (Å²) in [6, 6.07) is 0. The van der Waals surface area contributed by atoms with Gasteiger partial charge in [0.25, 0.3) is 0 Å². The topological polar surface area (TPSA) is 86.7 Å². The molecule has 0 radical (unpaired) electrons. The lowest BCUT2D eigenvalue weighted by Gasteiger charge is -2.26. The van der Waals surface area contributed by atoms with Gasteiger partial charge in [0.05, 0.1) is 0 Å². The largest absolute Gasteiger partial charge is 0.481 e. The minimum Gasteiger partial charge on any atom is -0.481 e. The highest BCUT2D eigenvalue weighted by Gasteiger charge is 2.37. The Morgan fingerprint density at radius 3 is 2.20 bits per heavy atom. The highest BCUT2D eigenvalue weighted by atomic mass is 16.4. The van der Waals surface area contributed by atoms with Gasteiger partial charge in [-0.2, -0.15) is 0 Å². The van der Waals surface area contributed by atoms with Crippen molar-refractivity contribution < 1.29 is 19.5 Å². The fourth-order valence-electron chi connectivity index (χ4n) is 2.40. The number of carboxylic acids is 1. The third kappa shape index (κ3) is 4.51. The van der Waals surface area contributed by atoms with E-state index in [0.29, 0.717) is 0 Å². The minimum atomic E-state index is -1.14. The lowest BCUT2D eigenvalue weighted by molar-refractivity contribution is -0.151. The van der Waals surface area contributed by atoms with E-state index in [1.165, 1.54) is 0 Å². The molecule has 0 saturated carbocycles. The molecule has 114 valence electrons. The quantitative estimate of drug-likeness (QED) is 0.733. The average Bonchev–Trinajstić information content (AvgIpc) is 2.79. The predicted molar refractivity (Wildman–Crippen MR) is 74.0 cm³/mol. The van der Waals surface area contributed by atoms with Crippen LogP contribution in [0.1, 0.15) is 40.0 Å². The number of hydrogen-bond donors (Lipinski definition) is 2. The summed E-state index contributed by atoms with van der Waals surface area (Å²) >= 11 is 0. The molecule has 20 heavy (non-hydrogen) atoms. The summed E-state index contributed by atoms with van der Waals surface area (Å²) in [5.74, 6) is -2.75. The van der Waals surface area contributed by atoms with Crippen molar-refractivity contribution in [2.45, 2.75) is 40.0 Å². The Balaban J connectivity index is 2.41. The zero-order valence-electron chi connectivity index (χ0n) is 12.4. The number of likely N-dealkylation sites (tertiary alicyclic amines) is 1. The van der Waals surface area contributed by atoms with Crippen molar-refractivity contribution >= 4 is 17.8 Å². The van der Waals surface area contributed by atoms with E-state index >= 15 is 0 Å². The van der Waals surface area contributed by atoms with E-state index in [9.17, 15) is 14.4 Å². The summed E-state index contributed by atoms with van der Waals surface area (Å²) in [7, 11) is 0. The van der Waals surface area contributed by atoms with Crippen molar-refractivity contribution in [1.29, 1.82) is 0 Å². The second-order valence-electron chi connectivity index (χ2n) is 6.27. The third-order valence-corrected chi connectivity index (χ3v) is 3.47. The van der Waals surface area contributed by atoms with Crippen LogP contribution in [0.5, 0.6) is 0 Å². The summed E-state index contributed by atoms with van der Waals surface area (Å²) in [4.78, 5) is 36.6. The molecule has 6 heteroatoms. The maximum absolute atomic E-state index is 11.9. The molecule has 1 atom stereocenters. The average molecular weight is 284 g/mol. The molecule has 1 fully saturated rings. The number of rotatable bonds is 5. The SMILES string of the molecule is CC(C)(C)C(C(=O)O)C(=O)NCCC(=O)N1CCCC1. The van der Waals surface area contributed by atoms with Crippen LogP contribution in [-0.4, -0.2) is 47.4 Å². The second kappa shape index (κ2) is 6.72. The first-order chi connectivity index (χ1) is 9.23. The molecule has 0 spiro atoms. The van der Waals surface area contributed by atoms with Gasteiger partial charge in [0.2, 0.25) is 11.8 Å². The Hall–Kier alpha value is -1.59. The Bertz CT molecular complexity index is 381. The van der Waals surface area contributed by atoms with Crippen LogP contribution in [0, 0.1) is 11.3 Å². The number of carbonyl (C=O) groups is 3. The summed E-state index contributed by atoms with van der Waals surface area (Å²) in [5.41, 5.74) is -0.658. The van der Waals surface area contributed by atoms with E-state index < -0.39 is 23.2 Å². The van der Waals surface area contributed by atoms with Gasteiger partial charge >= 0.3 is 5.97 Å². The number of nitrogens with zero attached hydrogens (tertiary/aromatic N) is 1. The molecule has 1 heterocycles. The molecular formula is C14H24N2O4. The summed E-state index contributed by atoms with van der Waals surface area (Å²) in [6.07, 6.45) is 2.29. The summed E-state index contributed by atoms with van der Waals surface area (Å²) in [5, 5.41) is 11.7. The van der Waals surface area contributed by atoms with E-state index in [1.807, 2.05) is 0 Å². The summed E-state index contributed by atoms with van der Waals surface area (Å²) in [6.45, 7) is 6.88. The van der Waals surface area contributed by atoms with Crippen molar-refractivity contribution in [1.82, 2.24) is 10.2 Å². The fourth-order valence-corrected chi connectivity index (χ4v) is 2.40. The van der Waals surface area contributed by atoms with Gasteiger partial charge in [-0.25, -0.2) is 0 Å². The third-order valence-electron chi connectivity index (χ3n) is 3.47. The van der Waals surface area contributed by atoms with Crippen LogP contribution >= 0.6 is 0 Å². The van der Waals surface area contributed by atoms with Crippen LogP contribution in [-0.2, 0) is 14.4 Å². The number of amides is 2. The molecule has 2 amide bonds. The highest BCUT2D eigenvalue weighted by Crippen LogP contribution is 2.26. The van der Waals surface area contributed by atoms with Crippen molar-refractivity contribution in [3.05, 3.63) is 0 Å². The van der Waals surface area contributed by atoms with Crippen LogP contribution in [0.15, 0.2) is 0 Å². The number of hydrogen-bond acceptors (Lipinski definition) is 3. The zero-order valence-corrected chi connectivity index (χ0v) is 12.4. The molecule has 1 aliphatic rings. The van der Waals surface area contributed by atoms with Crippen molar-refractivity contribution in [2.24, 2.45) is 11.3 Å². The Labute approximate surface area is 119 Å². The fraction of sp³-hybridized carbons (Fsp3) is 0.786. The van der Waals surface area contributed by atoms with E-state index in [4.69, 9.17) is 5.11 Å². The standard InChI is InChI=1S/C14H24N2O4/c1-14(2,3)11(13(19)20)12(18)15-7-6-10(17)16-8-4-5-9-16/h11H,4-9H2,1-3H3,(H,15,18)(H,19,20). The first-order valence-electron chi connectivity index (χ1n) is 7.02. The zero-order chi connectivity index (χ0) is 15.3. The van der Waals surface area contributed by atoms with Crippen molar-refractivity contribution in [3.8, 4) is 0 Å². The number of nitrogens with one attached hydrogen (secondary N) is 1. The van der Waals surface area contributed by atoms with Crippen molar-refractivity contribution in [3.63, 3.8) is 0 Å². The number of carboxylic acid groups (broad SMARTS) is 1. The molecule has 1 aliphatic heterocycles. The molecule has 0 aromatic rings. The van der Waals surface area contributed by atoms with Gasteiger partial charge in [-0.3, -0.25) is 14.4 Å². The molecule has 1 saturated heterocycles. The monoisotopic (exact) mass is 284 g/mol. The van der Waals surface area contributed by atoms with Crippen LogP contribution in [0.25, 0.3) is 0 Å². The minimum absolute atomic E-state index is 0.0189. The molecule has 0 aromatic heterocycles. The van der Waals surface area contributed by atoms with Gasteiger partial charge in [-0.15, -0.1) is 0 Å². The van der Waals surface area contributed by atoms with E-state index in [0.717, 1.165) is 25.9 Å². The van der Waals surface area contributed by atoms with Crippen LogP contribution in [0.4, 0.5) is 0 Å². The molecule has 6 nitrogen and oxygen atoms in total. The number of aliphatic carboxylic acids is 1. The molecule has 0 aliphatic carbocycles. The molecule has 2 N–H and O–H groups in total. The predicted octanol–water partition coefficient (Wildman–Crippen LogP) is 0.862. The van der Waals surface area contributed by atoms with Gasteiger partial charge < -0.3 is 15.3 Å². The van der Waals surface area contributed by atoms with Gasteiger partial charge in [0, 0.05) is 26.1 Å². The summed E-state index contributed by atoms with van der Waals surface area (Å²) < 4.78 is 0. The molecule has 0 bridgehead atoms. The van der Waals surface area contributed by atoms with Gasteiger partial charge in [0.15, 0.2) is 0 Å². The van der Waals surface area contributed by atoms with E-state index in [-0.39, 0.29) is 18.9 Å². The van der Waals surface area contributed by atoms with E-state index in [1.54, 1.807) is 25.7 Å². The van der Waals surface area contributed by atoms with Crippen LogP contribution in [0.2, 0.25) is 0 Å². The molecule has 1 rings (SSSR count). The second-order valence-corrected chi connectivity index (χ2v) is 6.27. The highest BCUT2D eigenvalue weighted by molar-refractivity contribution is 5.97. The van der Waals surface area contributed by atoms with Crippen LogP contribution < -0.4 is 5.32 Å². The van der Waals surface area contributed by atoms with E-state index in [2.05, 4.69) is 5.32 Å². The lowest BCUT2D eigenvalue weighted by Crippen LogP contribution is -2.43. The maximum Gasteiger partial charge on any atom is 0.316 e. The lowest BCUT2D eigenvalue weighted by atomic mass is 9.80. The smallest absolute Gasteiger partial charge is 0.316 e. The molecular weight excluding hydrogens is 260 g/mol. The van der Waals surface area contributed by atoms with Gasteiger partial charge in [-0.1, -0.05) is 20.8 Å². The van der Waals surface area contributed by atoms with Crippen LogP contribution in [0.3, 0.4) is 0 Å². The first kappa shape index (κ1) is 16.5. The van der Waals surface area contributed by atoms with Gasteiger partial charge in [0.1, 0.15) is 5.92 Å². The molecule has 1 unspecified atom stereocenters. The normalized spacial score (nSPS) is 16.9. The molecule has 0 aromatic carbocycles.